The van der Waals surface area contributed by atoms with Gasteiger partial charge in [-0.05, 0) is 46.9 Å². The van der Waals surface area contributed by atoms with E-state index in [9.17, 15) is 0 Å². The van der Waals surface area contributed by atoms with E-state index in [1.54, 1.807) is 6.20 Å². The van der Waals surface area contributed by atoms with Gasteiger partial charge in [-0.2, -0.15) is 0 Å². The Bertz CT molecular complexity index is 488. The van der Waals surface area contributed by atoms with Crippen LogP contribution in [0.3, 0.4) is 0 Å². The minimum Gasteiger partial charge on any atom is -0.489 e. The van der Waals surface area contributed by atoms with Gasteiger partial charge in [-0.1, -0.05) is 12.1 Å². The fourth-order valence-corrected chi connectivity index (χ4v) is 1.81. The van der Waals surface area contributed by atoms with Crippen LogP contribution in [0.15, 0.2) is 42.6 Å². The lowest BCUT2D eigenvalue weighted by Gasteiger charge is -2.07. The molecule has 1 aromatic heterocycles. The molecule has 2 rings (SSSR count). The van der Waals surface area contributed by atoms with Gasteiger partial charge in [0, 0.05) is 15.3 Å². The summed E-state index contributed by atoms with van der Waals surface area (Å²) >= 11 is 2.25. The quantitative estimate of drug-likeness (QED) is 0.883. The highest BCUT2D eigenvalue weighted by atomic mass is 127. The second kappa shape index (κ2) is 5.16. The monoisotopic (exact) mass is 326 g/mol. The summed E-state index contributed by atoms with van der Waals surface area (Å²) in [4.78, 5) is 4.01. The fourth-order valence-electron chi connectivity index (χ4n) is 1.29. The van der Waals surface area contributed by atoms with Crippen LogP contribution in [-0.4, -0.2) is 4.98 Å². The maximum absolute atomic E-state index is 5.72. The van der Waals surface area contributed by atoms with Gasteiger partial charge in [0.1, 0.15) is 18.2 Å². The number of hydrogen-bond donors (Lipinski definition) is 1. The Morgan fingerprint density at radius 1 is 1.25 bits per heavy atom. The summed E-state index contributed by atoms with van der Waals surface area (Å²) in [5.74, 6) is 1.36. The third kappa shape index (κ3) is 2.85. The second-order valence-corrected chi connectivity index (χ2v) is 4.54. The Morgan fingerprint density at radius 3 is 2.88 bits per heavy atom. The van der Waals surface area contributed by atoms with Crippen molar-refractivity contribution in [1.29, 1.82) is 0 Å². The molecular formula is C12H11IN2O. The molecule has 1 heterocycles. The number of ether oxygens (including phenoxy) is 1. The van der Waals surface area contributed by atoms with Crippen LogP contribution < -0.4 is 10.5 Å². The molecule has 2 aromatic rings. The van der Waals surface area contributed by atoms with E-state index in [4.69, 9.17) is 10.5 Å². The van der Waals surface area contributed by atoms with E-state index >= 15 is 0 Å². The van der Waals surface area contributed by atoms with Crippen LogP contribution >= 0.6 is 22.6 Å². The topological polar surface area (TPSA) is 48.1 Å². The number of nitrogens with zero attached hydrogens (tertiary/aromatic N) is 1. The molecule has 0 radical (unpaired) electrons. The fraction of sp³-hybridized carbons (Fsp3) is 0.0833. The maximum Gasteiger partial charge on any atom is 0.129 e. The average molecular weight is 326 g/mol. The summed E-state index contributed by atoms with van der Waals surface area (Å²) in [7, 11) is 0. The van der Waals surface area contributed by atoms with Gasteiger partial charge < -0.3 is 10.5 Å². The van der Waals surface area contributed by atoms with Crippen LogP contribution in [0, 0.1) is 3.57 Å². The van der Waals surface area contributed by atoms with Crippen LogP contribution in [0.5, 0.6) is 5.75 Å². The van der Waals surface area contributed by atoms with Crippen LogP contribution in [0.1, 0.15) is 5.56 Å². The molecule has 0 amide bonds. The number of nitrogens with two attached hydrogens (primary N) is 1. The third-order valence-electron chi connectivity index (χ3n) is 2.12. The van der Waals surface area contributed by atoms with Gasteiger partial charge in [0.15, 0.2) is 0 Å². The predicted molar refractivity (Wildman–Crippen MR) is 72.1 cm³/mol. The predicted octanol–water partition coefficient (Wildman–Crippen LogP) is 2.85. The standard InChI is InChI=1S/C12H11IN2O/c13-10-4-1-5-11(7-10)16-8-9-3-2-6-15-12(9)14/h1-7H,8H2,(H2,14,15). The summed E-state index contributed by atoms with van der Waals surface area (Å²) in [6, 6.07) is 11.7. The van der Waals surface area contributed by atoms with Crippen molar-refractivity contribution in [2.45, 2.75) is 6.61 Å². The van der Waals surface area contributed by atoms with Crippen molar-refractivity contribution in [2.24, 2.45) is 0 Å². The Kier molecular flexibility index (Phi) is 3.61. The summed E-state index contributed by atoms with van der Waals surface area (Å²) in [6.07, 6.45) is 1.67. The molecule has 0 aliphatic heterocycles. The van der Waals surface area contributed by atoms with Gasteiger partial charge in [0.2, 0.25) is 0 Å². The van der Waals surface area contributed by atoms with Gasteiger partial charge in [0.25, 0.3) is 0 Å². The summed E-state index contributed by atoms with van der Waals surface area (Å²) in [5, 5.41) is 0. The highest BCUT2D eigenvalue weighted by molar-refractivity contribution is 14.1. The van der Waals surface area contributed by atoms with Crippen molar-refractivity contribution in [1.82, 2.24) is 4.98 Å². The van der Waals surface area contributed by atoms with E-state index < -0.39 is 0 Å². The first-order valence-electron chi connectivity index (χ1n) is 4.83. The van der Waals surface area contributed by atoms with Crippen LogP contribution in [-0.2, 0) is 6.61 Å². The summed E-state index contributed by atoms with van der Waals surface area (Å²) in [6.45, 7) is 0.444. The number of anilines is 1. The molecule has 82 valence electrons. The van der Waals surface area contributed by atoms with Crippen molar-refractivity contribution in [2.75, 3.05) is 5.73 Å². The minimum absolute atomic E-state index is 0.444. The minimum atomic E-state index is 0.444. The van der Waals surface area contributed by atoms with Gasteiger partial charge >= 0.3 is 0 Å². The zero-order valence-corrected chi connectivity index (χ0v) is 10.7. The molecule has 4 heteroatoms. The molecule has 0 unspecified atom stereocenters. The normalized spacial score (nSPS) is 10.1. The molecular weight excluding hydrogens is 315 g/mol. The Balaban J connectivity index is 2.05. The third-order valence-corrected chi connectivity index (χ3v) is 2.79. The molecule has 0 saturated carbocycles. The zero-order chi connectivity index (χ0) is 11.4. The largest absolute Gasteiger partial charge is 0.489 e. The van der Waals surface area contributed by atoms with E-state index in [0.29, 0.717) is 12.4 Å². The van der Waals surface area contributed by atoms with Crippen molar-refractivity contribution < 1.29 is 4.74 Å². The molecule has 0 bridgehead atoms. The van der Waals surface area contributed by atoms with Crippen LogP contribution in [0.4, 0.5) is 5.82 Å². The van der Waals surface area contributed by atoms with E-state index in [1.807, 2.05) is 36.4 Å². The number of nitrogen functional groups attached to an aromatic ring is 1. The van der Waals surface area contributed by atoms with E-state index in [2.05, 4.69) is 27.6 Å². The first-order valence-corrected chi connectivity index (χ1v) is 5.91. The molecule has 0 spiro atoms. The maximum atomic E-state index is 5.72. The molecule has 0 fully saturated rings. The van der Waals surface area contributed by atoms with Crippen molar-refractivity contribution in [3.63, 3.8) is 0 Å². The first-order chi connectivity index (χ1) is 7.75. The van der Waals surface area contributed by atoms with Gasteiger partial charge in [-0.15, -0.1) is 0 Å². The van der Waals surface area contributed by atoms with Gasteiger partial charge in [-0.25, -0.2) is 4.98 Å². The van der Waals surface area contributed by atoms with Gasteiger partial charge in [0.05, 0.1) is 0 Å². The van der Waals surface area contributed by atoms with Crippen LogP contribution in [0.2, 0.25) is 0 Å². The SMILES string of the molecule is Nc1ncccc1COc1cccc(I)c1. The molecule has 1 aromatic carbocycles. The molecule has 0 atom stereocenters. The van der Waals surface area contributed by atoms with Crippen molar-refractivity contribution in [3.05, 3.63) is 51.7 Å². The lowest BCUT2D eigenvalue weighted by molar-refractivity contribution is 0.306. The summed E-state index contributed by atoms with van der Waals surface area (Å²) in [5.41, 5.74) is 6.63. The zero-order valence-electron chi connectivity index (χ0n) is 8.56. The number of hydrogen-bond acceptors (Lipinski definition) is 3. The first kappa shape index (κ1) is 11.2. The average Bonchev–Trinajstić information content (AvgIpc) is 2.28. The number of benzene rings is 1. The van der Waals surface area contributed by atoms with Gasteiger partial charge in [-0.3, -0.25) is 0 Å². The molecule has 0 aliphatic carbocycles. The smallest absolute Gasteiger partial charge is 0.129 e. The Morgan fingerprint density at radius 2 is 2.12 bits per heavy atom. The van der Waals surface area contributed by atoms with E-state index in [-0.39, 0.29) is 0 Å². The number of aromatic nitrogens is 1. The highest BCUT2D eigenvalue weighted by Gasteiger charge is 2.00. The number of halogens is 1. The lowest BCUT2D eigenvalue weighted by atomic mass is 10.3. The molecule has 2 N–H and O–H groups in total. The molecule has 16 heavy (non-hydrogen) atoms. The number of rotatable bonds is 3. The second-order valence-electron chi connectivity index (χ2n) is 3.29. The van der Waals surface area contributed by atoms with E-state index in [1.165, 1.54) is 0 Å². The summed E-state index contributed by atoms with van der Waals surface area (Å²) < 4.78 is 6.78. The van der Waals surface area contributed by atoms with E-state index in [0.717, 1.165) is 14.9 Å². The Hall–Kier alpha value is -1.30. The molecule has 0 saturated heterocycles. The molecule has 0 aliphatic rings. The number of pyridine rings is 1. The lowest BCUT2D eigenvalue weighted by Crippen LogP contribution is -2.01. The van der Waals surface area contributed by atoms with Crippen molar-refractivity contribution in [3.8, 4) is 5.75 Å². The highest BCUT2D eigenvalue weighted by Crippen LogP contribution is 2.17. The van der Waals surface area contributed by atoms with Crippen molar-refractivity contribution >= 4 is 28.4 Å². The molecule has 3 nitrogen and oxygen atoms in total. The van der Waals surface area contributed by atoms with Crippen LogP contribution in [0.25, 0.3) is 0 Å². The Labute approximate surface area is 108 Å².